The molecule has 0 aromatic heterocycles. The number of thioether (sulfide) groups is 1. The molecule has 46 heavy (non-hydrogen) atoms. The Morgan fingerprint density at radius 3 is 2.30 bits per heavy atom. The highest BCUT2D eigenvalue weighted by molar-refractivity contribution is 8.04. The van der Waals surface area contributed by atoms with Crippen LogP contribution in [0.25, 0.3) is 0 Å². The number of nitrogens with one attached hydrogen (secondary N) is 2. The molecular formula is C34H53N3O8S. The van der Waals surface area contributed by atoms with Crippen LogP contribution < -0.4 is 15.4 Å². The zero-order valence-electron chi connectivity index (χ0n) is 28.2. The topological polar surface area (TPSA) is 137 Å². The lowest BCUT2D eigenvalue weighted by molar-refractivity contribution is -0.126. The molecule has 0 aliphatic rings. The molecule has 11 nitrogen and oxygen atoms in total. The van der Waals surface area contributed by atoms with Gasteiger partial charge in [-0.1, -0.05) is 58.4 Å². The maximum Gasteiger partial charge on any atom is 0.251 e. The molecule has 0 saturated heterocycles. The summed E-state index contributed by atoms with van der Waals surface area (Å²) in [6.45, 7) is 14.2. The lowest BCUT2D eigenvalue weighted by Crippen LogP contribution is -2.34. The number of rotatable bonds is 26. The molecule has 1 aromatic carbocycles. The second-order valence-electron chi connectivity index (χ2n) is 11.3. The number of unbranched alkanes of at least 4 members (excludes halogenated alkanes) is 1. The molecule has 0 aliphatic heterocycles. The molecule has 0 aliphatic carbocycles. The molecule has 0 bridgehead atoms. The van der Waals surface area contributed by atoms with Gasteiger partial charge in [-0.25, -0.2) is 0 Å². The van der Waals surface area contributed by atoms with E-state index in [1.165, 1.54) is 12.8 Å². The molecule has 258 valence electrons. The molecule has 0 spiro atoms. The zero-order valence-corrected chi connectivity index (χ0v) is 29.0. The van der Waals surface area contributed by atoms with Gasteiger partial charge in [0.2, 0.25) is 5.91 Å². The number of nitriles is 1. The standard InChI is InChI=1S/C34H53N3O8S/c1-28(2)10-6-7-16-40-18-20-42-21-19-41-17-15-37-33(39)30-12-8-13-31(24-30)44-26-34(5,46-27-35)45-23-22-43-25-32(38)36-14-9-11-29(3)4/h8,12-13,24,28-29H,6-7,10,14-23,25-26H2,1-5H3,(H,36,38)(H,37,39). The summed E-state index contributed by atoms with van der Waals surface area (Å²) in [4.78, 5) is 23.4. The quantitative estimate of drug-likeness (QED) is 0.0635. The summed E-state index contributed by atoms with van der Waals surface area (Å²) in [5, 5.41) is 16.8. The average molecular weight is 664 g/mol. The number of amides is 2. The van der Waals surface area contributed by atoms with E-state index in [-0.39, 0.29) is 50.7 Å². The number of carbonyl (C=O) groups excluding carboxylic acids is 2. The van der Waals surface area contributed by atoms with Crippen molar-refractivity contribution < 1.29 is 38.0 Å². The van der Waals surface area contributed by atoms with E-state index in [1.807, 2.05) is 19.2 Å². The summed E-state index contributed by atoms with van der Waals surface area (Å²) in [7, 11) is 0. The van der Waals surface area contributed by atoms with E-state index < -0.39 is 4.93 Å². The van der Waals surface area contributed by atoms with Gasteiger partial charge in [0.25, 0.3) is 5.91 Å². The molecule has 1 unspecified atom stereocenters. The van der Waals surface area contributed by atoms with Gasteiger partial charge in [0.05, 0.1) is 52.8 Å². The molecule has 0 fully saturated rings. The fourth-order valence-electron chi connectivity index (χ4n) is 3.71. The van der Waals surface area contributed by atoms with Crippen LogP contribution in [0.5, 0.6) is 5.75 Å². The highest BCUT2D eigenvalue weighted by atomic mass is 32.2. The van der Waals surface area contributed by atoms with Crippen LogP contribution in [-0.2, 0) is 28.5 Å². The van der Waals surface area contributed by atoms with E-state index in [0.29, 0.717) is 50.9 Å². The van der Waals surface area contributed by atoms with Gasteiger partial charge >= 0.3 is 0 Å². The Bertz CT molecular complexity index is 1090. The van der Waals surface area contributed by atoms with E-state index in [0.717, 1.165) is 30.7 Å². The van der Waals surface area contributed by atoms with Crippen molar-refractivity contribution in [1.29, 1.82) is 5.26 Å². The van der Waals surface area contributed by atoms with Crippen molar-refractivity contribution in [1.82, 2.24) is 10.6 Å². The third-order valence-corrected chi connectivity index (χ3v) is 6.85. The Hall–Kier alpha value is -2.84. The minimum Gasteiger partial charge on any atom is -0.490 e. The van der Waals surface area contributed by atoms with E-state index in [9.17, 15) is 14.9 Å². The monoisotopic (exact) mass is 663 g/mol. The summed E-state index contributed by atoms with van der Waals surface area (Å²) in [6, 6.07) is 6.76. The van der Waals surface area contributed by atoms with Crippen molar-refractivity contribution in [3.8, 4) is 23.0 Å². The Labute approximate surface area is 279 Å². The minimum atomic E-state index is -0.994. The first-order valence-electron chi connectivity index (χ1n) is 15.9. The molecule has 1 atom stereocenters. The lowest BCUT2D eigenvalue weighted by atomic mass is 10.1. The number of nitrogens with zero attached hydrogens (tertiary/aromatic N) is 1. The summed E-state index contributed by atoms with van der Waals surface area (Å²) in [5.74, 6) is 6.76. The minimum absolute atomic E-state index is 0.0473. The number of thiocyanates is 1. The molecule has 12 heteroatoms. The van der Waals surface area contributed by atoms with E-state index in [1.54, 1.807) is 31.2 Å². The SMILES string of the molecule is CC(C)C#CCNC(=O)COCCOC(C)(COc1cccc(C(=O)NCCOCCOCCOCCCCC(C)C)c1)SC#N. The van der Waals surface area contributed by atoms with E-state index in [4.69, 9.17) is 28.4 Å². The van der Waals surface area contributed by atoms with Gasteiger partial charge in [0, 0.05) is 24.6 Å². The molecule has 0 saturated carbocycles. The van der Waals surface area contributed by atoms with Crippen LogP contribution >= 0.6 is 11.8 Å². The smallest absolute Gasteiger partial charge is 0.251 e. The van der Waals surface area contributed by atoms with Crippen molar-refractivity contribution in [3.05, 3.63) is 29.8 Å². The van der Waals surface area contributed by atoms with Crippen LogP contribution in [-0.4, -0.2) is 95.9 Å². The van der Waals surface area contributed by atoms with Gasteiger partial charge in [0.1, 0.15) is 24.4 Å². The maximum atomic E-state index is 12.6. The number of benzene rings is 1. The molecule has 2 amide bonds. The molecule has 1 aromatic rings. The molecular weight excluding hydrogens is 610 g/mol. The van der Waals surface area contributed by atoms with Crippen molar-refractivity contribution in [2.45, 2.75) is 58.8 Å². The van der Waals surface area contributed by atoms with Gasteiger partial charge in [-0.15, -0.1) is 0 Å². The van der Waals surface area contributed by atoms with Crippen LogP contribution in [0.3, 0.4) is 0 Å². The van der Waals surface area contributed by atoms with E-state index >= 15 is 0 Å². The highest BCUT2D eigenvalue weighted by Crippen LogP contribution is 2.27. The van der Waals surface area contributed by atoms with Crippen molar-refractivity contribution in [2.24, 2.45) is 11.8 Å². The van der Waals surface area contributed by atoms with E-state index in [2.05, 4.69) is 36.3 Å². The second kappa shape index (κ2) is 26.3. The first-order chi connectivity index (χ1) is 22.1. The predicted molar refractivity (Wildman–Crippen MR) is 179 cm³/mol. The Morgan fingerprint density at radius 2 is 1.61 bits per heavy atom. The average Bonchev–Trinajstić information content (AvgIpc) is 3.02. The van der Waals surface area contributed by atoms with Crippen LogP contribution in [0.1, 0.15) is 64.2 Å². The third kappa shape index (κ3) is 22.6. The number of ether oxygens (including phenoxy) is 6. The van der Waals surface area contributed by atoms with Gasteiger partial charge in [-0.05, 0) is 49.2 Å². The fraction of sp³-hybridized carbons (Fsp3) is 0.676. The fourth-order valence-corrected chi connectivity index (χ4v) is 4.16. The molecule has 1 rings (SSSR count). The van der Waals surface area contributed by atoms with Gasteiger partial charge in [-0.2, -0.15) is 5.26 Å². The Morgan fingerprint density at radius 1 is 0.913 bits per heavy atom. The number of carbonyl (C=O) groups is 2. The zero-order chi connectivity index (χ0) is 33.9. The number of hydrogen-bond acceptors (Lipinski definition) is 10. The molecule has 0 radical (unpaired) electrons. The summed E-state index contributed by atoms with van der Waals surface area (Å²) in [6.07, 6.45) is 3.51. The maximum absolute atomic E-state index is 12.6. The lowest BCUT2D eigenvalue weighted by Gasteiger charge is -2.26. The summed E-state index contributed by atoms with van der Waals surface area (Å²) < 4.78 is 33.7. The molecule has 2 N–H and O–H groups in total. The first kappa shape index (κ1) is 41.2. The van der Waals surface area contributed by atoms with Crippen molar-refractivity contribution in [3.63, 3.8) is 0 Å². The van der Waals surface area contributed by atoms with Crippen LogP contribution in [0.4, 0.5) is 0 Å². The third-order valence-electron chi connectivity index (χ3n) is 6.09. The summed E-state index contributed by atoms with van der Waals surface area (Å²) >= 11 is 0.915. The van der Waals surface area contributed by atoms with Gasteiger partial charge < -0.3 is 39.1 Å². The Balaban J connectivity index is 2.24. The highest BCUT2D eigenvalue weighted by Gasteiger charge is 2.28. The van der Waals surface area contributed by atoms with Gasteiger partial charge in [-0.3, -0.25) is 9.59 Å². The van der Waals surface area contributed by atoms with Crippen molar-refractivity contribution in [2.75, 3.05) is 79.2 Å². The normalized spacial score (nSPS) is 12.2. The predicted octanol–water partition coefficient (Wildman–Crippen LogP) is 4.41. The van der Waals surface area contributed by atoms with Crippen molar-refractivity contribution >= 4 is 23.6 Å². The van der Waals surface area contributed by atoms with Gasteiger partial charge in [0.15, 0.2) is 4.93 Å². The molecule has 0 heterocycles. The van der Waals surface area contributed by atoms with Crippen LogP contribution in [0.2, 0.25) is 0 Å². The second-order valence-corrected chi connectivity index (χ2v) is 12.5. The number of hydrogen-bond donors (Lipinski definition) is 2. The van der Waals surface area contributed by atoms with Crippen LogP contribution in [0.15, 0.2) is 24.3 Å². The largest absolute Gasteiger partial charge is 0.490 e. The van der Waals surface area contributed by atoms with Crippen LogP contribution in [0, 0.1) is 34.3 Å². The Kier molecular flexibility index (Phi) is 23.5. The summed E-state index contributed by atoms with van der Waals surface area (Å²) in [5.41, 5.74) is 0.433. The first-order valence-corrected chi connectivity index (χ1v) is 16.7.